The predicted octanol–water partition coefficient (Wildman–Crippen LogP) is 5.02. The second-order valence-corrected chi connectivity index (χ2v) is 11.7. The molecule has 0 heterocycles. The van der Waals surface area contributed by atoms with Gasteiger partial charge in [0.2, 0.25) is 11.8 Å². The normalized spacial score (nSPS) is 12.1. The minimum absolute atomic E-state index is 0.0276. The van der Waals surface area contributed by atoms with E-state index in [4.69, 9.17) is 16.3 Å². The van der Waals surface area contributed by atoms with Crippen LogP contribution in [0.25, 0.3) is 0 Å². The van der Waals surface area contributed by atoms with Crippen molar-refractivity contribution in [3.05, 3.63) is 89.2 Å². The Balaban J connectivity index is 2.05. The van der Waals surface area contributed by atoms with Crippen molar-refractivity contribution in [2.45, 2.75) is 50.7 Å². The SMILES string of the molecule is CC[C@H](C(=O)NC(C)C)N(Cc1ccc(F)cc1)C(=O)CN(c1ccc(Cl)cc1)S(=O)(=O)c1ccc(OC)cc1. The van der Waals surface area contributed by atoms with Gasteiger partial charge < -0.3 is 15.0 Å². The lowest BCUT2D eigenvalue weighted by Crippen LogP contribution is -2.53. The van der Waals surface area contributed by atoms with Gasteiger partial charge in [0.25, 0.3) is 10.0 Å². The molecule has 0 aromatic heterocycles. The van der Waals surface area contributed by atoms with Gasteiger partial charge in [-0.05, 0) is 86.5 Å². The molecule has 40 heavy (non-hydrogen) atoms. The minimum Gasteiger partial charge on any atom is -0.497 e. The summed E-state index contributed by atoms with van der Waals surface area (Å²) in [6.45, 7) is 4.75. The van der Waals surface area contributed by atoms with E-state index in [2.05, 4.69) is 5.32 Å². The van der Waals surface area contributed by atoms with E-state index in [0.717, 1.165) is 4.31 Å². The molecule has 1 N–H and O–H groups in total. The van der Waals surface area contributed by atoms with Crippen LogP contribution >= 0.6 is 11.6 Å². The maximum atomic E-state index is 14.0. The van der Waals surface area contributed by atoms with E-state index in [1.54, 1.807) is 20.8 Å². The number of rotatable bonds is 12. The fourth-order valence-electron chi connectivity index (χ4n) is 4.10. The Morgan fingerprint density at radius 1 is 0.975 bits per heavy atom. The van der Waals surface area contributed by atoms with Crippen LogP contribution in [0, 0.1) is 5.82 Å². The van der Waals surface area contributed by atoms with Gasteiger partial charge in [0.1, 0.15) is 24.2 Å². The zero-order valence-corrected chi connectivity index (χ0v) is 24.4. The molecule has 0 aliphatic heterocycles. The molecule has 0 aliphatic rings. The van der Waals surface area contributed by atoms with Crippen LogP contribution in [0.4, 0.5) is 10.1 Å². The zero-order valence-electron chi connectivity index (χ0n) is 22.8. The molecule has 2 amide bonds. The van der Waals surface area contributed by atoms with Crippen molar-refractivity contribution in [3.63, 3.8) is 0 Å². The first-order chi connectivity index (χ1) is 19.0. The molecule has 3 aromatic carbocycles. The number of carbonyl (C=O) groups excluding carboxylic acids is 2. The van der Waals surface area contributed by atoms with Crippen molar-refractivity contribution in [1.29, 1.82) is 0 Å². The van der Waals surface area contributed by atoms with Crippen LogP contribution in [0.1, 0.15) is 32.8 Å². The summed E-state index contributed by atoms with van der Waals surface area (Å²) in [6, 6.07) is 16.4. The van der Waals surface area contributed by atoms with Crippen LogP contribution in [0.15, 0.2) is 77.7 Å². The van der Waals surface area contributed by atoms with E-state index in [9.17, 15) is 22.4 Å². The number of nitrogens with zero attached hydrogens (tertiary/aromatic N) is 2. The average molecular weight is 590 g/mol. The molecule has 0 fully saturated rings. The molecule has 3 aromatic rings. The molecule has 8 nitrogen and oxygen atoms in total. The number of anilines is 1. The van der Waals surface area contributed by atoms with E-state index < -0.39 is 34.3 Å². The Kier molecular flexibility index (Phi) is 10.5. The van der Waals surface area contributed by atoms with Crippen LogP contribution in [0.2, 0.25) is 5.02 Å². The summed E-state index contributed by atoms with van der Waals surface area (Å²) in [5.74, 6) is -0.947. The molecule has 1 atom stereocenters. The number of sulfonamides is 1. The molecule has 214 valence electrons. The molecule has 0 saturated carbocycles. The summed E-state index contributed by atoms with van der Waals surface area (Å²) in [5.41, 5.74) is 0.802. The molecule has 0 spiro atoms. The van der Waals surface area contributed by atoms with Crippen LogP contribution in [0.5, 0.6) is 5.75 Å². The first-order valence-corrected chi connectivity index (χ1v) is 14.5. The first-order valence-electron chi connectivity index (χ1n) is 12.7. The second-order valence-electron chi connectivity index (χ2n) is 9.40. The third-order valence-electron chi connectivity index (χ3n) is 6.12. The molecule has 0 bridgehead atoms. The summed E-state index contributed by atoms with van der Waals surface area (Å²) < 4.78 is 47.4. The highest BCUT2D eigenvalue weighted by atomic mass is 35.5. The van der Waals surface area contributed by atoms with Crippen molar-refractivity contribution >= 4 is 39.1 Å². The summed E-state index contributed by atoms with van der Waals surface area (Å²) in [4.78, 5) is 28.4. The van der Waals surface area contributed by atoms with Crippen molar-refractivity contribution in [2.75, 3.05) is 18.0 Å². The number of benzene rings is 3. The van der Waals surface area contributed by atoms with Gasteiger partial charge in [0.15, 0.2) is 0 Å². The third kappa shape index (κ3) is 7.73. The Bertz CT molecular complexity index is 1400. The Labute approximate surface area is 239 Å². The van der Waals surface area contributed by atoms with Gasteiger partial charge in [-0.1, -0.05) is 30.7 Å². The summed E-state index contributed by atoms with van der Waals surface area (Å²) in [7, 11) is -2.76. The van der Waals surface area contributed by atoms with Gasteiger partial charge in [0.05, 0.1) is 17.7 Å². The Hall–Kier alpha value is -3.63. The highest BCUT2D eigenvalue weighted by molar-refractivity contribution is 7.92. The fraction of sp³-hybridized carbons (Fsp3) is 0.310. The molecular formula is C29H33ClFN3O5S. The summed E-state index contributed by atoms with van der Waals surface area (Å²) in [6.07, 6.45) is 0.275. The largest absolute Gasteiger partial charge is 0.497 e. The van der Waals surface area contributed by atoms with Crippen LogP contribution in [0.3, 0.4) is 0 Å². The van der Waals surface area contributed by atoms with Gasteiger partial charge in [0, 0.05) is 17.6 Å². The predicted molar refractivity (Wildman–Crippen MR) is 153 cm³/mol. The van der Waals surface area contributed by atoms with Gasteiger partial charge in [-0.2, -0.15) is 0 Å². The van der Waals surface area contributed by atoms with E-state index >= 15 is 0 Å². The van der Waals surface area contributed by atoms with Gasteiger partial charge in [-0.3, -0.25) is 13.9 Å². The van der Waals surface area contributed by atoms with Crippen molar-refractivity contribution < 1.29 is 27.1 Å². The van der Waals surface area contributed by atoms with E-state index in [1.165, 1.54) is 84.8 Å². The quantitative estimate of drug-likeness (QED) is 0.320. The maximum Gasteiger partial charge on any atom is 0.264 e. The molecular weight excluding hydrogens is 557 g/mol. The van der Waals surface area contributed by atoms with Crippen LogP contribution in [-0.4, -0.2) is 50.9 Å². The van der Waals surface area contributed by atoms with E-state index in [0.29, 0.717) is 16.3 Å². The number of carbonyl (C=O) groups is 2. The van der Waals surface area contributed by atoms with Crippen molar-refractivity contribution in [1.82, 2.24) is 10.2 Å². The monoisotopic (exact) mass is 589 g/mol. The lowest BCUT2D eigenvalue weighted by molar-refractivity contribution is -0.140. The van der Waals surface area contributed by atoms with Crippen molar-refractivity contribution in [2.24, 2.45) is 0 Å². The average Bonchev–Trinajstić information content (AvgIpc) is 2.92. The maximum absolute atomic E-state index is 14.0. The highest BCUT2D eigenvalue weighted by Crippen LogP contribution is 2.27. The zero-order chi connectivity index (χ0) is 29.4. The van der Waals surface area contributed by atoms with Gasteiger partial charge in [-0.25, -0.2) is 12.8 Å². The van der Waals surface area contributed by atoms with Gasteiger partial charge in [-0.15, -0.1) is 0 Å². The third-order valence-corrected chi connectivity index (χ3v) is 8.16. The number of hydrogen-bond acceptors (Lipinski definition) is 5. The summed E-state index contributed by atoms with van der Waals surface area (Å²) >= 11 is 6.05. The van der Waals surface area contributed by atoms with E-state index in [1.807, 2.05) is 0 Å². The minimum atomic E-state index is -4.23. The fourth-order valence-corrected chi connectivity index (χ4v) is 5.64. The number of halogens is 2. The first kappa shape index (κ1) is 30.9. The number of amides is 2. The number of nitrogens with one attached hydrogen (secondary N) is 1. The Morgan fingerprint density at radius 2 is 1.57 bits per heavy atom. The Morgan fingerprint density at radius 3 is 2.10 bits per heavy atom. The highest BCUT2D eigenvalue weighted by Gasteiger charge is 2.34. The molecule has 0 unspecified atom stereocenters. The molecule has 11 heteroatoms. The number of methoxy groups -OCH3 is 1. The number of hydrogen-bond donors (Lipinski definition) is 1. The topological polar surface area (TPSA) is 96.0 Å². The smallest absolute Gasteiger partial charge is 0.264 e. The number of ether oxygens (including phenoxy) is 1. The molecule has 0 saturated heterocycles. The lowest BCUT2D eigenvalue weighted by atomic mass is 10.1. The molecule has 0 radical (unpaired) electrons. The van der Waals surface area contributed by atoms with Crippen molar-refractivity contribution in [3.8, 4) is 5.75 Å². The van der Waals surface area contributed by atoms with E-state index in [-0.39, 0.29) is 35.5 Å². The molecule has 0 aliphatic carbocycles. The van der Waals surface area contributed by atoms with Crippen LogP contribution < -0.4 is 14.4 Å². The standard InChI is InChI=1S/C29H33ClFN3O5S/c1-5-27(29(36)32-20(2)3)33(18-21-6-10-23(31)11-7-21)28(35)19-34(24-12-8-22(30)9-13-24)40(37,38)26-16-14-25(39-4)15-17-26/h6-17,20,27H,5,18-19H2,1-4H3,(H,32,36)/t27-/m1/s1. The second kappa shape index (κ2) is 13.6. The molecule has 3 rings (SSSR count). The lowest BCUT2D eigenvalue weighted by Gasteiger charge is -2.33. The van der Waals surface area contributed by atoms with Crippen LogP contribution in [-0.2, 0) is 26.2 Å². The summed E-state index contributed by atoms with van der Waals surface area (Å²) in [5, 5.41) is 3.23. The van der Waals surface area contributed by atoms with Gasteiger partial charge >= 0.3 is 0 Å².